The number of carbonyl (C=O) groups excluding carboxylic acids is 1. The average molecular weight is 176 g/mol. The molecule has 1 saturated heterocycles. The molecule has 0 saturated carbocycles. The van der Waals surface area contributed by atoms with E-state index in [9.17, 15) is 4.79 Å². The molecule has 1 aliphatic rings. The van der Waals surface area contributed by atoms with Gasteiger partial charge in [0, 0.05) is 25.9 Å². The molecule has 2 nitrogen and oxygen atoms in total. The van der Waals surface area contributed by atoms with Crippen LogP contribution in [0.4, 0.5) is 0 Å². The molecule has 0 spiro atoms. The summed E-state index contributed by atoms with van der Waals surface area (Å²) in [6, 6.07) is 0. The Morgan fingerprint density at radius 3 is 3.00 bits per heavy atom. The normalized spacial score (nSPS) is 25.3. The Bertz CT molecular complexity index is 149. The van der Waals surface area contributed by atoms with Crippen LogP contribution in [-0.2, 0) is 4.79 Å². The summed E-state index contributed by atoms with van der Waals surface area (Å²) in [5.74, 6) is 1.39. The summed E-state index contributed by atoms with van der Waals surface area (Å²) in [5.41, 5.74) is 0. The number of halogens is 1. The number of carbonyl (C=O) groups is 1. The molecule has 0 bridgehead atoms. The maximum atomic E-state index is 10.9. The van der Waals surface area contributed by atoms with E-state index in [0.717, 1.165) is 19.5 Å². The summed E-state index contributed by atoms with van der Waals surface area (Å²) in [6.07, 6.45) is 2.28. The van der Waals surface area contributed by atoms with Gasteiger partial charge in [-0.3, -0.25) is 4.79 Å². The highest BCUT2D eigenvalue weighted by molar-refractivity contribution is 6.18. The standard InChI is InChI=1S/C8H14ClNO/c1-7(11)10-4-2-3-8(5-9)6-10/h8H,2-6H2,1H3/t8-/m0/s1. The first kappa shape index (κ1) is 8.85. The van der Waals surface area contributed by atoms with E-state index in [1.807, 2.05) is 4.90 Å². The minimum absolute atomic E-state index is 0.180. The zero-order valence-corrected chi connectivity index (χ0v) is 7.60. The van der Waals surface area contributed by atoms with Gasteiger partial charge in [0.1, 0.15) is 0 Å². The summed E-state index contributed by atoms with van der Waals surface area (Å²) >= 11 is 5.71. The van der Waals surface area contributed by atoms with Crippen molar-refractivity contribution in [2.75, 3.05) is 19.0 Å². The maximum Gasteiger partial charge on any atom is 0.219 e. The number of hydrogen-bond donors (Lipinski definition) is 0. The van der Waals surface area contributed by atoms with Crippen molar-refractivity contribution in [3.05, 3.63) is 0 Å². The highest BCUT2D eigenvalue weighted by Crippen LogP contribution is 2.17. The molecule has 1 aliphatic heterocycles. The summed E-state index contributed by atoms with van der Waals surface area (Å²) in [7, 11) is 0. The maximum absolute atomic E-state index is 10.9. The minimum atomic E-state index is 0.180. The van der Waals surface area contributed by atoms with Gasteiger partial charge in [-0.25, -0.2) is 0 Å². The molecule has 1 heterocycles. The minimum Gasteiger partial charge on any atom is -0.343 e. The van der Waals surface area contributed by atoms with Gasteiger partial charge in [0.05, 0.1) is 0 Å². The number of likely N-dealkylation sites (tertiary alicyclic amines) is 1. The predicted molar refractivity (Wildman–Crippen MR) is 45.7 cm³/mol. The molecule has 0 aliphatic carbocycles. The number of hydrogen-bond acceptors (Lipinski definition) is 1. The Kier molecular flexibility index (Phi) is 3.18. The van der Waals surface area contributed by atoms with Gasteiger partial charge in [-0.15, -0.1) is 11.6 Å². The zero-order chi connectivity index (χ0) is 8.27. The molecule has 3 heteroatoms. The van der Waals surface area contributed by atoms with Gasteiger partial charge >= 0.3 is 0 Å². The molecule has 1 atom stereocenters. The van der Waals surface area contributed by atoms with Gasteiger partial charge in [0.2, 0.25) is 5.91 Å². The van der Waals surface area contributed by atoms with Crippen molar-refractivity contribution in [1.29, 1.82) is 0 Å². The molecule has 1 fully saturated rings. The van der Waals surface area contributed by atoms with Crippen LogP contribution in [0.2, 0.25) is 0 Å². The SMILES string of the molecule is CC(=O)N1CCC[C@@H](CCl)C1. The molecule has 1 rings (SSSR count). The Morgan fingerprint density at radius 2 is 2.45 bits per heavy atom. The smallest absolute Gasteiger partial charge is 0.219 e. The monoisotopic (exact) mass is 175 g/mol. The van der Waals surface area contributed by atoms with Crippen molar-refractivity contribution < 1.29 is 4.79 Å². The second-order valence-corrected chi connectivity index (χ2v) is 3.44. The molecule has 0 aromatic carbocycles. The second-order valence-electron chi connectivity index (χ2n) is 3.13. The second kappa shape index (κ2) is 3.96. The van der Waals surface area contributed by atoms with Crippen LogP contribution in [0.25, 0.3) is 0 Å². The molecule has 11 heavy (non-hydrogen) atoms. The molecule has 0 aromatic rings. The summed E-state index contributed by atoms with van der Waals surface area (Å²) in [4.78, 5) is 12.8. The van der Waals surface area contributed by atoms with Crippen LogP contribution < -0.4 is 0 Å². The van der Waals surface area contributed by atoms with E-state index in [4.69, 9.17) is 11.6 Å². The van der Waals surface area contributed by atoms with Crippen LogP contribution in [0, 0.1) is 5.92 Å². The molecule has 64 valence electrons. The highest BCUT2D eigenvalue weighted by Gasteiger charge is 2.20. The Balaban J connectivity index is 2.39. The van der Waals surface area contributed by atoms with Crippen molar-refractivity contribution in [2.45, 2.75) is 19.8 Å². The van der Waals surface area contributed by atoms with E-state index < -0.39 is 0 Å². The van der Waals surface area contributed by atoms with E-state index in [-0.39, 0.29) is 5.91 Å². The lowest BCUT2D eigenvalue weighted by Gasteiger charge is -2.30. The van der Waals surface area contributed by atoms with E-state index in [0.29, 0.717) is 11.8 Å². The lowest BCUT2D eigenvalue weighted by molar-refractivity contribution is -0.130. The first-order valence-corrected chi connectivity index (χ1v) is 4.59. The van der Waals surface area contributed by atoms with Crippen molar-refractivity contribution in [3.63, 3.8) is 0 Å². The van der Waals surface area contributed by atoms with E-state index in [2.05, 4.69) is 0 Å². The summed E-state index contributed by atoms with van der Waals surface area (Å²) in [5, 5.41) is 0. The lowest BCUT2D eigenvalue weighted by Crippen LogP contribution is -2.39. The molecular formula is C8H14ClNO. The predicted octanol–water partition coefficient (Wildman–Crippen LogP) is 1.48. The first-order valence-electron chi connectivity index (χ1n) is 4.05. The van der Waals surface area contributed by atoms with Gasteiger partial charge in [0.15, 0.2) is 0 Å². The molecular weight excluding hydrogens is 162 g/mol. The fourth-order valence-corrected chi connectivity index (χ4v) is 1.73. The Hall–Kier alpha value is -0.240. The Morgan fingerprint density at radius 1 is 1.73 bits per heavy atom. The van der Waals surface area contributed by atoms with Gasteiger partial charge in [-0.1, -0.05) is 0 Å². The van der Waals surface area contributed by atoms with Gasteiger partial charge < -0.3 is 4.90 Å². The van der Waals surface area contributed by atoms with Crippen LogP contribution in [0.15, 0.2) is 0 Å². The van der Waals surface area contributed by atoms with Gasteiger partial charge in [-0.05, 0) is 18.8 Å². The van der Waals surface area contributed by atoms with E-state index in [1.54, 1.807) is 6.92 Å². The largest absolute Gasteiger partial charge is 0.343 e. The molecule has 0 radical (unpaired) electrons. The third-order valence-corrected chi connectivity index (χ3v) is 2.62. The van der Waals surface area contributed by atoms with Crippen molar-refractivity contribution in [2.24, 2.45) is 5.92 Å². The molecule has 1 amide bonds. The third kappa shape index (κ3) is 2.37. The van der Waals surface area contributed by atoms with E-state index in [1.165, 1.54) is 6.42 Å². The Labute approximate surface area is 72.5 Å². The van der Waals surface area contributed by atoms with Crippen molar-refractivity contribution >= 4 is 17.5 Å². The van der Waals surface area contributed by atoms with Crippen LogP contribution in [0.1, 0.15) is 19.8 Å². The topological polar surface area (TPSA) is 20.3 Å². The quantitative estimate of drug-likeness (QED) is 0.553. The summed E-state index contributed by atoms with van der Waals surface area (Å²) < 4.78 is 0. The van der Waals surface area contributed by atoms with Crippen LogP contribution >= 0.6 is 11.6 Å². The molecule has 0 N–H and O–H groups in total. The van der Waals surface area contributed by atoms with Crippen LogP contribution in [0.5, 0.6) is 0 Å². The van der Waals surface area contributed by atoms with Crippen molar-refractivity contribution in [1.82, 2.24) is 4.90 Å². The van der Waals surface area contributed by atoms with Crippen LogP contribution in [0.3, 0.4) is 0 Å². The third-order valence-electron chi connectivity index (χ3n) is 2.18. The zero-order valence-electron chi connectivity index (χ0n) is 6.85. The number of alkyl halides is 1. The first-order chi connectivity index (χ1) is 5.24. The lowest BCUT2D eigenvalue weighted by atomic mass is 10.0. The van der Waals surface area contributed by atoms with Gasteiger partial charge in [0.25, 0.3) is 0 Å². The number of nitrogens with zero attached hydrogens (tertiary/aromatic N) is 1. The average Bonchev–Trinajstić information content (AvgIpc) is 2.05. The molecule has 0 aromatic heterocycles. The summed E-state index contributed by atoms with van der Waals surface area (Å²) in [6.45, 7) is 3.40. The fraction of sp³-hybridized carbons (Fsp3) is 0.875. The number of rotatable bonds is 1. The fourth-order valence-electron chi connectivity index (χ4n) is 1.48. The van der Waals surface area contributed by atoms with Crippen molar-refractivity contribution in [3.8, 4) is 0 Å². The number of amides is 1. The van der Waals surface area contributed by atoms with Crippen LogP contribution in [-0.4, -0.2) is 29.8 Å². The highest BCUT2D eigenvalue weighted by atomic mass is 35.5. The number of piperidine rings is 1. The van der Waals surface area contributed by atoms with E-state index >= 15 is 0 Å². The van der Waals surface area contributed by atoms with Gasteiger partial charge in [-0.2, -0.15) is 0 Å². The molecule has 0 unspecified atom stereocenters.